The Hall–Kier alpha value is -0.0800. The van der Waals surface area contributed by atoms with Gasteiger partial charge in [0.1, 0.15) is 0 Å². The van der Waals surface area contributed by atoms with Crippen LogP contribution in [0.1, 0.15) is 52.4 Å². The highest BCUT2D eigenvalue weighted by Crippen LogP contribution is 2.44. The van der Waals surface area contributed by atoms with Gasteiger partial charge < -0.3 is 9.84 Å². The van der Waals surface area contributed by atoms with Crippen molar-refractivity contribution < 1.29 is 9.84 Å². The molecule has 3 atom stereocenters. The predicted molar refractivity (Wildman–Crippen MR) is 60.7 cm³/mol. The number of hydrogen-bond donors (Lipinski definition) is 1. The summed E-state index contributed by atoms with van der Waals surface area (Å²) < 4.78 is 6.00. The summed E-state index contributed by atoms with van der Waals surface area (Å²) >= 11 is 0. The van der Waals surface area contributed by atoms with Gasteiger partial charge in [0.2, 0.25) is 0 Å². The molecule has 2 rings (SSSR count). The smallest absolute Gasteiger partial charge is 0.0685 e. The quantitative estimate of drug-likeness (QED) is 0.762. The topological polar surface area (TPSA) is 29.5 Å². The van der Waals surface area contributed by atoms with Gasteiger partial charge in [-0.05, 0) is 44.4 Å². The fourth-order valence-electron chi connectivity index (χ4n) is 3.28. The third-order valence-corrected chi connectivity index (χ3v) is 4.55. The molecule has 0 amide bonds. The maximum atomic E-state index is 9.66. The monoisotopic (exact) mass is 212 g/mol. The molecule has 2 aliphatic rings. The number of ether oxygens (including phenoxy) is 1. The minimum Gasteiger partial charge on any atom is -0.393 e. The van der Waals surface area contributed by atoms with Crippen molar-refractivity contribution in [1.29, 1.82) is 0 Å². The van der Waals surface area contributed by atoms with Gasteiger partial charge >= 0.3 is 0 Å². The molecule has 0 aromatic heterocycles. The zero-order valence-corrected chi connectivity index (χ0v) is 10.0. The summed E-state index contributed by atoms with van der Waals surface area (Å²) in [5.41, 5.74) is 0.200. The normalized spacial score (nSPS) is 34.2. The summed E-state index contributed by atoms with van der Waals surface area (Å²) in [6.45, 7) is 5.01. The highest BCUT2D eigenvalue weighted by molar-refractivity contribution is 4.92. The third-order valence-electron chi connectivity index (χ3n) is 4.55. The van der Waals surface area contributed by atoms with Crippen LogP contribution in [0.4, 0.5) is 0 Å². The summed E-state index contributed by atoms with van der Waals surface area (Å²) in [6, 6.07) is 0. The van der Waals surface area contributed by atoms with E-state index in [1.54, 1.807) is 0 Å². The molecule has 0 radical (unpaired) electrons. The highest BCUT2D eigenvalue weighted by atomic mass is 16.5. The van der Waals surface area contributed by atoms with E-state index in [1.807, 2.05) is 6.92 Å². The Morgan fingerprint density at radius 2 is 1.93 bits per heavy atom. The van der Waals surface area contributed by atoms with E-state index < -0.39 is 0 Å². The van der Waals surface area contributed by atoms with Crippen molar-refractivity contribution in [1.82, 2.24) is 0 Å². The number of hydrogen-bond acceptors (Lipinski definition) is 2. The van der Waals surface area contributed by atoms with Crippen molar-refractivity contribution in [2.24, 2.45) is 11.8 Å². The first-order valence-corrected chi connectivity index (χ1v) is 6.45. The van der Waals surface area contributed by atoms with Crippen molar-refractivity contribution in [3.63, 3.8) is 0 Å². The first kappa shape index (κ1) is 11.4. The summed E-state index contributed by atoms with van der Waals surface area (Å²) in [6.07, 6.45) is 7.29. The Morgan fingerprint density at radius 1 is 1.27 bits per heavy atom. The number of aliphatic hydroxyl groups is 1. The summed E-state index contributed by atoms with van der Waals surface area (Å²) in [7, 11) is 0. The molecule has 1 N–H and O–H groups in total. The van der Waals surface area contributed by atoms with Gasteiger partial charge in [-0.1, -0.05) is 19.8 Å². The van der Waals surface area contributed by atoms with Crippen molar-refractivity contribution in [2.75, 3.05) is 6.61 Å². The number of aliphatic hydroxyl groups excluding tert-OH is 1. The highest BCUT2D eigenvalue weighted by Gasteiger charge is 2.41. The van der Waals surface area contributed by atoms with Crippen LogP contribution >= 0.6 is 0 Å². The Labute approximate surface area is 93.0 Å². The largest absolute Gasteiger partial charge is 0.393 e. The van der Waals surface area contributed by atoms with Gasteiger partial charge in [0.15, 0.2) is 0 Å². The van der Waals surface area contributed by atoms with Crippen LogP contribution in [-0.2, 0) is 4.74 Å². The maximum absolute atomic E-state index is 9.66. The molecule has 2 fully saturated rings. The molecule has 1 heterocycles. The summed E-state index contributed by atoms with van der Waals surface area (Å²) in [4.78, 5) is 0. The summed E-state index contributed by atoms with van der Waals surface area (Å²) in [5, 5.41) is 9.66. The van der Waals surface area contributed by atoms with Crippen LogP contribution in [0.2, 0.25) is 0 Å². The van der Waals surface area contributed by atoms with Crippen LogP contribution in [0.5, 0.6) is 0 Å². The van der Waals surface area contributed by atoms with Gasteiger partial charge in [-0.25, -0.2) is 0 Å². The molecule has 15 heavy (non-hydrogen) atoms. The van der Waals surface area contributed by atoms with E-state index in [9.17, 15) is 5.11 Å². The zero-order valence-electron chi connectivity index (χ0n) is 10.0. The molecule has 0 aromatic rings. The van der Waals surface area contributed by atoms with Crippen LogP contribution in [0.25, 0.3) is 0 Å². The molecule has 1 aliphatic heterocycles. The lowest BCUT2D eigenvalue weighted by atomic mass is 9.76. The van der Waals surface area contributed by atoms with Crippen molar-refractivity contribution in [3.8, 4) is 0 Å². The molecular formula is C13H24O2. The second-order valence-electron chi connectivity index (χ2n) is 5.59. The maximum Gasteiger partial charge on any atom is 0.0685 e. The lowest BCUT2D eigenvalue weighted by Crippen LogP contribution is -2.40. The average molecular weight is 212 g/mol. The third kappa shape index (κ3) is 2.36. The fraction of sp³-hybridized carbons (Fsp3) is 1.00. The van der Waals surface area contributed by atoms with Crippen LogP contribution in [-0.4, -0.2) is 23.4 Å². The number of rotatable bonds is 2. The van der Waals surface area contributed by atoms with Gasteiger partial charge in [0, 0.05) is 6.61 Å². The molecule has 0 bridgehead atoms. The van der Waals surface area contributed by atoms with E-state index in [0.29, 0.717) is 11.8 Å². The predicted octanol–water partition coefficient (Wildman–Crippen LogP) is 2.74. The lowest BCUT2D eigenvalue weighted by Gasteiger charge is -2.41. The molecule has 1 saturated carbocycles. The minimum atomic E-state index is -0.174. The first-order valence-electron chi connectivity index (χ1n) is 6.45. The van der Waals surface area contributed by atoms with Crippen LogP contribution in [0.15, 0.2) is 0 Å². The zero-order chi connectivity index (χ0) is 10.9. The first-order chi connectivity index (χ1) is 7.13. The van der Waals surface area contributed by atoms with Gasteiger partial charge in [-0.15, -0.1) is 0 Å². The van der Waals surface area contributed by atoms with Crippen molar-refractivity contribution >= 4 is 0 Å². The van der Waals surface area contributed by atoms with E-state index in [0.717, 1.165) is 13.0 Å². The fourth-order valence-corrected chi connectivity index (χ4v) is 3.28. The van der Waals surface area contributed by atoms with Crippen molar-refractivity contribution in [3.05, 3.63) is 0 Å². The van der Waals surface area contributed by atoms with E-state index >= 15 is 0 Å². The van der Waals surface area contributed by atoms with E-state index in [4.69, 9.17) is 4.74 Å². The average Bonchev–Trinajstić information content (AvgIpc) is 2.65. The molecule has 1 spiro atoms. The standard InChI is InChI=1S/C13H24O2/c1-10(11(2)14)12-5-8-15-13(9-12)6-3-4-7-13/h10-12,14H,3-9H2,1-2H3. The molecule has 1 aliphatic carbocycles. The van der Waals surface area contributed by atoms with Gasteiger partial charge in [0.05, 0.1) is 11.7 Å². The molecule has 2 nitrogen and oxygen atoms in total. The Morgan fingerprint density at radius 3 is 2.53 bits per heavy atom. The molecule has 2 heteroatoms. The molecule has 88 valence electrons. The van der Waals surface area contributed by atoms with Crippen LogP contribution in [0.3, 0.4) is 0 Å². The molecule has 1 saturated heterocycles. The van der Waals surface area contributed by atoms with Gasteiger partial charge in [-0.2, -0.15) is 0 Å². The van der Waals surface area contributed by atoms with E-state index in [1.165, 1.54) is 32.1 Å². The Balaban J connectivity index is 1.97. The second kappa shape index (κ2) is 4.42. The SMILES string of the molecule is CC(O)C(C)C1CCOC2(CCCC2)C1. The minimum absolute atomic E-state index is 0.174. The van der Waals surface area contributed by atoms with Crippen LogP contribution < -0.4 is 0 Å². The van der Waals surface area contributed by atoms with E-state index in [-0.39, 0.29) is 11.7 Å². The Kier molecular flexibility index (Phi) is 3.36. The van der Waals surface area contributed by atoms with Crippen LogP contribution in [0, 0.1) is 11.8 Å². The van der Waals surface area contributed by atoms with Gasteiger partial charge in [0.25, 0.3) is 0 Å². The summed E-state index contributed by atoms with van der Waals surface area (Å²) in [5.74, 6) is 1.09. The molecule has 3 unspecified atom stereocenters. The van der Waals surface area contributed by atoms with Gasteiger partial charge in [-0.3, -0.25) is 0 Å². The lowest BCUT2D eigenvalue weighted by molar-refractivity contribution is -0.108. The second-order valence-corrected chi connectivity index (χ2v) is 5.59. The molecular weight excluding hydrogens is 188 g/mol. The van der Waals surface area contributed by atoms with Crippen molar-refractivity contribution in [2.45, 2.75) is 64.1 Å². The molecule has 0 aromatic carbocycles. The Bertz CT molecular complexity index is 207. The van der Waals surface area contributed by atoms with E-state index in [2.05, 4.69) is 6.92 Å².